The summed E-state index contributed by atoms with van der Waals surface area (Å²) in [5.41, 5.74) is 2.64. The molecule has 0 amide bonds. The Balaban J connectivity index is 2.21. The van der Waals surface area contributed by atoms with Crippen LogP contribution < -0.4 is 10.2 Å². The monoisotopic (exact) mass is 190 g/mol. The van der Waals surface area contributed by atoms with Gasteiger partial charge in [-0.1, -0.05) is 12.1 Å². The fraction of sp³-hybridized carbons (Fsp3) is 0.500. The number of hydrogen-bond acceptors (Lipinski definition) is 2. The van der Waals surface area contributed by atoms with Gasteiger partial charge in [0.05, 0.1) is 11.4 Å². The zero-order chi connectivity index (χ0) is 9.80. The molecule has 0 aliphatic carbocycles. The van der Waals surface area contributed by atoms with Crippen molar-refractivity contribution in [2.75, 3.05) is 29.9 Å². The number of nitrogens with one attached hydrogen (secondary N) is 1. The Morgan fingerprint density at radius 1 is 1.21 bits per heavy atom. The molecule has 0 radical (unpaired) electrons. The number of rotatable bonds is 3. The maximum Gasteiger partial charge on any atom is 0.0602 e. The van der Waals surface area contributed by atoms with E-state index in [0.29, 0.717) is 0 Å². The third-order valence-electron chi connectivity index (χ3n) is 2.72. The van der Waals surface area contributed by atoms with Gasteiger partial charge in [0.15, 0.2) is 0 Å². The molecule has 1 aromatic carbocycles. The van der Waals surface area contributed by atoms with E-state index in [0.717, 1.165) is 6.54 Å². The summed E-state index contributed by atoms with van der Waals surface area (Å²) >= 11 is 0. The molecule has 2 heteroatoms. The maximum absolute atomic E-state index is 3.41. The van der Waals surface area contributed by atoms with Crippen molar-refractivity contribution in [3.05, 3.63) is 24.3 Å². The van der Waals surface area contributed by atoms with Crippen LogP contribution in [-0.2, 0) is 0 Å². The van der Waals surface area contributed by atoms with E-state index < -0.39 is 0 Å². The van der Waals surface area contributed by atoms with Crippen LogP contribution in [0.25, 0.3) is 0 Å². The minimum Gasteiger partial charge on any atom is -0.384 e. The van der Waals surface area contributed by atoms with Gasteiger partial charge in [-0.2, -0.15) is 0 Å². The Morgan fingerprint density at radius 2 is 1.93 bits per heavy atom. The van der Waals surface area contributed by atoms with Crippen LogP contribution in [0.1, 0.15) is 19.8 Å². The minimum absolute atomic E-state index is 0.991. The van der Waals surface area contributed by atoms with Crippen molar-refractivity contribution < 1.29 is 0 Å². The first-order chi connectivity index (χ1) is 6.92. The largest absolute Gasteiger partial charge is 0.384 e. The average molecular weight is 190 g/mol. The van der Waals surface area contributed by atoms with Gasteiger partial charge in [0, 0.05) is 19.6 Å². The Bertz CT molecular complexity index is 290. The highest BCUT2D eigenvalue weighted by Gasteiger charge is 2.14. The molecule has 0 atom stereocenters. The van der Waals surface area contributed by atoms with Crippen LogP contribution in [-0.4, -0.2) is 19.6 Å². The molecular weight excluding hydrogens is 172 g/mol. The molecule has 1 aliphatic heterocycles. The molecule has 0 spiro atoms. The topological polar surface area (TPSA) is 15.3 Å². The van der Waals surface area contributed by atoms with Crippen molar-refractivity contribution in [2.45, 2.75) is 19.8 Å². The Labute approximate surface area is 85.9 Å². The van der Waals surface area contributed by atoms with Gasteiger partial charge in [-0.25, -0.2) is 0 Å². The lowest BCUT2D eigenvalue weighted by molar-refractivity contribution is 0.949. The fourth-order valence-corrected chi connectivity index (χ4v) is 2.05. The predicted molar refractivity (Wildman–Crippen MR) is 62.1 cm³/mol. The predicted octanol–water partition coefficient (Wildman–Crippen LogP) is 2.72. The quantitative estimate of drug-likeness (QED) is 0.788. The normalized spacial score (nSPS) is 15.9. The summed E-state index contributed by atoms with van der Waals surface area (Å²) in [6.07, 6.45) is 2.67. The van der Waals surface area contributed by atoms with E-state index >= 15 is 0 Å². The second kappa shape index (κ2) is 4.36. The standard InChI is InChI=1S/C12H18N2/c1-2-13-11-7-3-4-8-12(11)14-9-5-6-10-14/h3-4,7-8,13H,2,5-6,9-10H2,1H3. The summed E-state index contributed by atoms with van der Waals surface area (Å²) in [7, 11) is 0. The van der Waals surface area contributed by atoms with E-state index in [9.17, 15) is 0 Å². The lowest BCUT2D eigenvalue weighted by Crippen LogP contribution is -2.19. The molecule has 1 saturated heterocycles. The highest BCUT2D eigenvalue weighted by Crippen LogP contribution is 2.28. The number of para-hydroxylation sites is 2. The average Bonchev–Trinajstić information content (AvgIpc) is 2.72. The van der Waals surface area contributed by atoms with Crippen molar-refractivity contribution in [1.82, 2.24) is 0 Å². The molecule has 76 valence electrons. The van der Waals surface area contributed by atoms with Gasteiger partial charge >= 0.3 is 0 Å². The lowest BCUT2D eigenvalue weighted by atomic mass is 10.2. The summed E-state index contributed by atoms with van der Waals surface area (Å²) in [5.74, 6) is 0. The first kappa shape index (κ1) is 9.38. The molecule has 0 aromatic heterocycles. The van der Waals surface area contributed by atoms with Crippen LogP contribution in [0.15, 0.2) is 24.3 Å². The molecule has 1 aromatic rings. The molecular formula is C12H18N2. The third-order valence-corrected chi connectivity index (χ3v) is 2.72. The number of nitrogens with zero attached hydrogens (tertiary/aromatic N) is 1. The van der Waals surface area contributed by atoms with Crippen molar-refractivity contribution >= 4 is 11.4 Å². The van der Waals surface area contributed by atoms with Crippen LogP contribution >= 0.6 is 0 Å². The smallest absolute Gasteiger partial charge is 0.0602 e. The van der Waals surface area contributed by atoms with Gasteiger partial charge in [0.2, 0.25) is 0 Å². The molecule has 2 rings (SSSR count). The molecule has 2 nitrogen and oxygen atoms in total. The van der Waals surface area contributed by atoms with Crippen molar-refractivity contribution in [2.24, 2.45) is 0 Å². The van der Waals surface area contributed by atoms with Gasteiger partial charge in [-0.3, -0.25) is 0 Å². The molecule has 0 saturated carbocycles. The SMILES string of the molecule is CCNc1ccccc1N1CCCC1. The fourth-order valence-electron chi connectivity index (χ4n) is 2.05. The van der Waals surface area contributed by atoms with Crippen LogP contribution in [0, 0.1) is 0 Å². The minimum atomic E-state index is 0.991. The summed E-state index contributed by atoms with van der Waals surface area (Å²) < 4.78 is 0. The highest BCUT2D eigenvalue weighted by molar-refractivity contribution is 5.70. The second-order valence-electron chi connectivity index (χ2n) is 3.74. The number of hydrogen-bond donors (Lipinski definition) is 1. The van der Waals surface area contributed by atoms with Crippen LogP contribution in [0.4, 0.5) is 11.4 Å². The third kappa shape index (κ3) is 1.84. The van der Waals surface area contributed by atoms with Gasteiger partial charge < -0.3 is 10.2 Å². The van der Waals surface area contributed by atoms with Crippen molar-refractivity contribution in [3.8, 4) is 0 Å². The Hall–Kier alpha value is -1.18. The van der Waals surface area contributed by atoms with Crippen molar-refractivity contribution in [3.63, 3.8) is 0 Å². The Kier molecular flexibility index (Phi) is 2.92. The molecule has 1 aliphatic rings. The van der Waals surface area contributed by atoms with E-state index in [1.807, 2.05) is 0 Å². The number of benzene rings is 1. The highest BCUT2D eigenvalue weighted by atomic mass is 15.2. The van der Waals surface area contributed by atoms with Gasteiger partial charge in [0.1, 0.15) is 0 Å². The zero-order valence-corrected chi connectivity index (χ0v) is 8.79. The van der Waals surface area contributed by atoms with Crippen molar-refractivity contribution in [1.29, 1.82) is 0 Å². The molecule has 1 N–H and O–H groups in total. The van der Waals surface area contributed by atoms with E-state index in [4.69, 9.17) is 0 Å². The van der Waals surface area contributed by atoms with Crippen LogP contribution in [0.5, 0.6) is 0 Å². The van der Waals surface area contributed by atoms with E-state index in [2.05, 4.69) is 41.4 Å². The van der Waals surface area contributed by atoms with Crippen LogP contribution in [0.3, 0.4) is 0 Å². The van der Waals surface area contributed by atoms with Gasteiger partial charge in [-0.05, 0) is 31.9 Å². The first-order valence-corrected chi connectivity index (χ1v) is 5.49. The molecule has 0 unspecified atom stereocenters. The molecule has 1 heterocycles. The molecule has 0 bridgehead atoms. The van der Waals surface area contributed by atoms with Crippen LogP contribution in [0.2, 0.25) is 0 Å². The summed E-state index contributed by atoms with van der Waals surface area (Å²) in [6.45, 7) is 5.55. The van der Waals surface area contributed by atoms with Gasteiger partial charge in [0.25, 0.3) is 0 Å². The maximum atomic E-state index is 3.41. The number of anilines is 2. The van der Waals surface area contributed by atoms with E-state index in [1.165, 1.54) is 37.3 Å². The lowest BCUT2D eigenvalue weighted by Gasteiger charge is -2.21. The summed E-state index contributed by atoms with van der Waals surface area (Å²) in [5, 5.41) is 3.41. The van der Waals surface area contributed by atoms with E-state index in [1.54, 1.807) is 0 Å². The zero-order valence-electron chi connectivity index (χ0n) is 8.79. The summed E-state index contributed by atoms with van der Waals surface area (Å²) in [4.78, 5) is 2.47. The molecule has 1 fully saturated rings. The second-order valence-corrected chi connectivity index (χ2v) is 3.74. The molecule has 14 heavy (non-hydrogen) atoms. The van der Waals surface area contributed by atoms with Gasteiger partial charge in [-0.15, -0.1) is 0 Å². The first-order valence-electron chi connectivity index (χ1n) is 5.49. The Morgan fingerprint density at radius 3 is 2.64 bits per heavy atom. The van der Waals surface area contributed by atoms with E-state index in [-0.39, 0.29) is 0 Å². The summed E-state index contributed by atoms with van der Waals surface area (Å²) in [6, 6.07) is 8.59.